The SMILES string of the molecule is CN=C(NCCOC)NCC1CCN(c2cccc(OC)c2)C1. The second kappa shape index (κ2) is 9.25. The molecule has 0 saturated carbocycles. The van der Waals surface area contributed by atoms with Gasteiger partial charge < -0.3 is 25.0 Å². The van der Waals surface area contributed by atoms with Gasteiger partial charge in [0.05, 0.1) is 13.7 Å². The van der Waals surface area contributed by atoms with Crippen molar-refractivity contribution in [3.05, 3.63) is 24.3 Å². The Bertz CT molecular complexity index is 507. The lowest BCUT2D eigenvalue weighted by Gasteiger charge is -2.20. The third-order valence-corrected chi connectivity index (χ3v) is 4.08. The van der Waals surface area contributed by atoms with Crippen LogP contribution < -0.4 is 20.3 Å². The summed E-state index contributed by atoms with van der Waals surface area (Å²) in [6.45, 7) is 4.49. The molecule has 1 aliphatic rings. The highest BCUT2D eigenvalue weighted by Crippen LogP contribution is 2.26. The molecule has 6 heteroatoms. The molecule has 0 aromatic heterocycles. The van der Waals surface area contributed by atoms with Gasteiger partial charge in [-0.2, -0.15) is 0 Å². The quantitative estimate of drug-likeness (QED) is 0.451. The van der Waals surface area contributed by atoms with E-state index in [2.05, 4.69) is 32.7 Å². The molecule has 0 radical (unpaired) electrons. The second-order valence-corrected chi connectivity index (χ2v) is 5.67. The molecule has 1 aromatic rings. The van der Waals surface area contributed by atoms with Crippen LogP contribution in [-0.2, 0) is 4.74 Å². The average molecular weight is 320 g/mol. The number of nitrogens with zero attached hydrogens (tertiary/aromatic N) is 2. The predicted molar refractivity (Wildman–Crippen MR) is 94.6 cm³/mol. The van der Waals surface area contributed by atoms with Gasteiger partial charge in [0.15, 0.2) is 5.96 Å². The Hall–Kier alpha value is -1.95. The highest BCUT2D eigenvalue weighted by atomic mass is 16.5. The summed E-state index contributed by atoms with van der Waals surface area (Å²) in [6.07, 6.45) is 1.18. The van der Waals surface area contributed by atoms with E-state index >= 15 is 0 Å². The zero-order chi connectivity index (χ0) is 16.5. The number of rotatable bonds is 7. The zero-order valence-electron chi connectivity index (χ0n) is 14.3. The topological polar surface area (TPSA) is 58.1 Å². The van der Waals surface area contributed by atoms with Crippen molar-refractivity contribution in [1.82, 2.24) is 10.6 Å². The maximum atomic E-state index is 5.31. The van der Waals surface area contributed by atoms with E-state index in [1.165, 1.54) is 12.1 Å². The van der Waals surface area contributed by atoms with E-state index in [0.717, 1.165) is 37.9 Å². The van der Waals surface area contributed by atoms with Crippen molar-refractivity contribution in [3.63, 3.8) is 0 Å². The van der Waals surface area contributed by atoms with E-state index < -0.39 is 0 Å². The summed E-state index contributed by atoms with van der Waals surface area (Å²) in [5, 5.41) is 6.63. The third-order valence-electron chi connectivity index (χ3n) is 4.08. The summed E-state index contributed by atoms with van der Waals surface area (Å²) in [5.74, 6) is 2.36. The van der Waals surface area contributed by atoms with Crippen molar-refractivity contribution in [3.8, 4) is 5.75 Å². The number of methoxy groups -OCH3 is 2. The summed E-state index contributed by atoms with van der Waals surface area (Å²) in [7, 11) is 5.20. The Morgan fingerprint density at radius 1 is 1.35 bits per heavy atom. The van der Waals surface area contributed by atoms with Crippen molar-refractivity contribution in [2.75, 3.05) is 59.0 Å². The van der Waals surface area contributed by atoms with Crippen LogP contribution in [0, 0.1) is 5.92 Å². The van der Waals surface area contributed by atoms with Crippen LogP contribution in [0.3, 0.4) is 0 Å². The third kappa shape index (κ3) is 5.32. The van der Waals surface area contributed by atoms with Crippen LogP contribution in [0.2, 0.25) is 0 Å². The van der Waals surface area contributed by atoms with Crippen molar-refractivity contribution in [2.45, 2.75) is 6.42 Å². The maximum Gasteiger partial charge on any atom is 0.191 e. The van der Waals surface area contributed by atoms with Crippen molar-refractivity contribution in [1.29, 1.82) is 0 Å². The van der Waals surface area contributed by atoms with Crippen LogP contribution in [0.5, 0.6) is 5.75 Å². The summed E-state index contributed by atoms with van der Waals surface area (Å²) >= 11 is 0. The number of guanidine groups is 1. The minimum absolute atomic E-state index is 0.613. The zero-order valence-corrected chi connectivity index (χ0v) is 14.3. The molecule has 6 nitrogen and oxygen atoms in total. The molecule has 23 heavy (non-hydrogen) atoms. The average Bonchev–Trinajstić information content (AvgIpc) is 3.07. The van der Waals surface area contributed by atoms with Gasteiger partial charge in [-0.1, -0.05) is 6.07 Å². The van der Waals surface area contributed by atoms with Gasteiger partial charge in [-0.3, -0.25) is 4.99 Å². The first-order valence-corrected chi connectivity index (χ1v) is 8.09. The molecule has 2 N–H and O–H groups in total. The molecule has 128 valence electrons. The molecule has 0 bridgehead atoms. The van der Waals surface area contributed by atoms with Gasteiger partial charge in [-0.25, -0.2) is 0 Å². The van der Waals surface area contributed by atoms with Gasteiger partial charge in [0.2, 0.25) is 0 Å². The molecule has 0 spiro atoms. The first-order valence-electron chi connectivity index (χ1n) is 8.09. The molecule has 1 saturated heterocycles. The van der Waals surface area contributed by atoms with Crippen molar-refractivity contribution in [2.24, 2.45) is 10.9 Å². The van der Waals surface area contributed by atoms with Crippen molar-refractivity contribution < 1.29 is 9.47 Å². The molecule has 1 heterocycles. The van der Waals surface area contributed by atoms with E-state index in [4.69, 9.17) is 9.47 Å². The molecule has 1 aromatic carbocycles. The smallest absolute Gasteiger partial charge is 0.191 e. The molecule has 1 fully saturated rings. The standard InChI is InChI=1S/C17H28N4O2/c1-18-17(19-8-10-22-2)20-12-14-7-9-21(13-14)15-5-4-6-16(11-15)23-3/h4-6,11,14H,7-10,12-13H2,1-3H3,(H2,18,19,20). The number of hydrogen-bond acceptors (Lipinski definition) is 4. The molecule has 1 aliphatic heterocycles. The van der Waals surface area contributed by atoms with E-state index in [1.54, 1.807) is 21.3 Å². The van der Waals surface area contributed by atoms with E-state index in [9.17, 15) is 0 Å². The predicted octanol–water partition coefficient (Wildman–Crippen LogP) is 1.33. The summed E-state index contributed by atoms with van der Waals surface area (Å²) in [4.78, 5) is 6.64. The van der Waals surface area contributed by atoms with Crippen LogP contribution in [0.1, 0.15) is 6.42 Å². The Morgan fingerprint density at radius 2 is 2.22 bits per heavy atom. The minimum atomic E-state index is 0.613. The van der Waals surface area contributed by atoms with Gasteiger partial charge in [0, 0.05) is 52.1 Å². The number of ether oxygens (including phenoxy) is 2. The Balaban J connectivity index is 1.78. The van der Waals surface area contributed by atoms with Crippen LogP contribution in [0.25, 0.3) is 0 Å². The Morgan fingerprint density at radius 3 is 2.96 bits per heavy atom. The number of hydrogen-bond donors (Lipinski definition) is 2. The summed E-state index contributed by atoms with van der Waals surface area (Å²) < 4.78 is 10.3. The molecule has 2 rings (SSSR count). The monoisotopic (exact) mass is 320 g/mol. The number of anilines is 1. The number of aliphatic imine (C=N–C) groups is 1. The minimum Gasteiger partial charge on any atom is -0.497 e. The fraction of sp³-hybridized carbons (Fsp3) is 0.588. The van der Waals surface area contributed by atoms with E-state index in [-0.39, 0.29) is 0 Å². The van der Waals surface area contributed by atoms with Crippen molar-refractivity contribution >= 4 is 11.6 Å². The van der Waals surface area contributed by atoms with Gasteiger partial charge >= 0.3 is 0 Å². The lowest BCUT2D eigenvalue weighted by Crippen LogP contribution is -2.41. The van der Waals surface area contributed by atoms with Gasteiger partial charge in [0.25, 0.3) is 0 Å². The van der Waals surface area contributed by atoms with E-state index in [0.29, 0.717) is 12.5 Å². The van der Waals surface area contributed by atoms with Gasteiger partial charge in [-0.05, 0) is 24.5 Å². The maximum absolute atomic E-state index is 5.31. The number of benzene rings is 1. The largest absolute Gasteiger partial charge is 0.497 e. The Kier molecular flexibility index (Phi) is 7.00. The molecule has 1 atom stereocenters. The van der Waals surface area contributed by atoms with Gasteiger partial charge in [-0.15, -0.1) is 0 Å². The Labute approximate surface area is 138 Å². The fourth-order valence-corrected chi connectivity index (χ4v) is 2.77. The molecule has 0 amide bonds. The lowest BCUT2D eigenvalue weighted by molar-refractivity contribution is 0.203. The first kappa shape index (κ1) is 17.4. The van der Waals surface area contributed by atoms with Crippen LogP contribution in [-0.4, -0.2) is 60.0 Å². The molecular weight excluding hydrogens is 292 g/mol. The molecular formula is C17H28N4O2. The fourth-order valence-electron chi connectivity index (χ4n) is 2.77. The lowest BCUT2D eigenvalue weighted by atomic mass is 10.1. The molecule has 1 unspecified atom stereocenters. The highest BCUT2D eigenvalue weighted by Gasteiger charge is 2.23. The van der Waals surface area contributed by atoms with Crippen LogP contribution in [0.15, 0.2) is 29.3 Å². The normalized spacial score (nSPS) is 18.1. The van der Waals surface area contributed by atoms with E-state index in [1.807, 2.05) is 12.1 Å². The summed E-state index contributed by atoms with van der Waals surface area (Å²) in [6, 6.07) is 8.26. The second-order valence-electron chi connectivity index (χ2n) is 5.67. The number of nitrogens with one attached hydrogen (secondary N) is 2. The van der Waals surface area contributed by atoms with Crippen LogP contribution >= 0.6 is 0 Å². The van der Waals surface area contributed by atoms with Gasteiger partial charge in [0.1, 0.15) is 5.75 Å². The first-order chi connectivity index (χ1) is 11.3. The summed E-state index contributed by atoms with van der Waals surface area (Å²) in [5.41, 5.74) is 1.23. The van der Waals surface area contributed by atoms with Crippen LogP contribution in [0.4, 0.5) is 5.69 Å². The highest BCUT2D eigenvalue weighted by molar-refractivity contribution is 5.79. The molecule has 0 aliphatic carbocycles.